The minimum absolute atomic E-state index is 0.00838. The molecule has 1 atom stereocenters. The molecule has 0 aromatic rings. The molecule has 0 aromatic carbocycles. The standard InChI is InChI=1S/C11H18O2/c1-4-5-6-7-9-8-11(2,3)10(12)13-9/h6-7,9H,4-5,8H2,1-3H3. The Bertz CT molecular complexity index is 216. The first-order valence-electron chi connectivity index (χ1n) is 4.94. The Kier molecular flexibility index (Phi) is 3.12. The molecule has 1 aliphatic rings. The number of allylic oxidation sites excluding steroid dienone is 1. The van der Waals surface area contributed by atoms with E-state index in [2.05, 4.69) is 13.0 Å². The molecular formula is C11H18O2. The highest BCUT2D eigenvalue weighted by Crippen LogP contribution is 2.33. The zero-order chi connectivity index (χ0) is 9.90. The molecule has 74 valence electrons. The van der Waals surface area contributed by atoms with Crippen LogP contribution in [0.25, 0.3) is 0 Å². The number of hydrogen-bond donors (Lipinski definition) is 0. The van der Waals surface area contributed by atoms with E-state index in [0.717, 1.165) is 19.3 Å². The molecule has 0 amide bonds. The molecular weight excluding hydrogens is 164 g/mol. The fourth-order valence-electron chi connectivity index (χ4n) is 1.45. The van der Waals surface area contributed by atoms with Gasteiger partial charge in [0.2, 0.25) is 0 Å². The SMILES string of the molecule is CCCC=CC1CC(C)(C)C(=O)O1. The summed E-state index contributed by atoms with van der Waals surface area (Å²) in [7, 11) is 0. The molecule has 2 heteroatoms. The third-order valence-electron chi connectivity index (χ3n) is 2.33. The van der Waals surface area contributed by atoms with Gasteiger partial charge in [-0.2, -0.15) is 0 Å². The van der Waals surface area contributed by atoms with E-state index in [1.54, 1.807) is 0 Å². The highest BCUT2D eigenvalue weighted by atomic mass is 16.6. The summed E-state index contributed by atoms with van der Waals surface area (Å²) < 4.78 is 5.20. The van der Waals surface area contributed by atoms with Crippen molar-refractivity contribution in [1.82, 2.24) is 0 Å². The molecule has 1 fully saturated rings. The first kappa shape index (κ1) is 10.3. The van der Waals surface area contributed by atoms with Gasteiger partial charge in [-0.05, 0) is 26.3 Å². The predicted molar refractivity (Wildman–Crippen MR) is 52.3 cm³/mol. The van der Waals surface area contributed by atoms with Crippen molar-refractivity contribution in [3.8, 4) is 0 Å². The van der Waals surface area contributed by atoms with E-state index in [-0.39, 0.29) is 17.5 Å². The third-order valence-corrected chi connectivity index (χ3v) is 2.33. The van der Waals surface area contributed by atoms with Crippen LogP contribution in [0, 0.1) is 5.41 Å². The van der Waals surface area contributed by atoms with Crippen LogP contribution in [0.4, 0.5) is 0 Å². The van der Waals surface area contributed by atoms with Gasteiger partial charge in [-0.1, -0.05) is 19.4 Å². The maximum absolute atomic E-state index is 11.3. The van der Waals surface area contributed by atoms with Crippen LogP contribution in [0.3, 0.4) is 0 Å². The number of unbranched alkanes of at least 4 members (excludes halogenated alkanes) is 1. The number of cyclic esters (lactones) is 1. The molecule has 1 saturated heterocycles. The molecule has 0 bridgehead atoms. The van der Waals surface area contributed by atoms with Crippen LogP contribution in [0.5, 0.6) is 0 Å². The zero-order valence-corrected chi connectivity index (χ0v) is 8.67. The van der Waals surface area contributed by atoms with E-state index >= 15 is 0 Å². The first-order valence-corrected chi connectivity index (χ1v) is 4.94. The van der Waals surface area contributed by atoms with E-state index in [1.165, 1.54) is 0 Å². The lowest BCUT2D eigenvalue weighted by Gasteiger charge is -2.08. The van der Waals surface area contributed by atoms with E-state index in [4.69, 9.17) is 4.74 Å². The van der Waals surface area contributed by atoms with Crippen LogP contribution in [0.15, 0.2) is 12.2 Å². The van der Waals surface area contributed by atoms with Crippen molar-refractivity contribution in [3.63, 3.8) is 0 Å². The van der Waals surface area contributed by atoms with Gasteiger partial charge in [0, 0.05) is 6.42 Å². The monoisotopic (exact) mass is 182 g/mol. The van der Waals surface area contributed by atoms with Crippen LogP contribution in [-0.2, 0) is 9.53 Å². The van der Waals surface area contributed by atoms with Crippen LogP contribution in [0.1, 0.15) is 40.0 Å². The Labute approximate surface area is 80.0 Å². The molecule has 0 spiro atoms. The lowest BCUT2D eigenvalue weighted by molar-refractivity contribution is -0.146. The second kappa shape index (κ2) is 3.95. The van der Waals surface area contributed by atoms with Gasteiger partial charge in [-0.3, -0.25) is 4.79 Å². The van der Waals surface area contributed by atoms with E-state index < -0.39 is 0 Å². The maximum atomic E-state index is 11.3. The van der Waals surface area contributed by atoms with Gasteiger partial charge >= 0.3 is 5.97 Å². The first-order chi connectivity index (χ1) is 6.06. The second-order valence-corrected chi connectivity index (χ2v) is 4.25. The largest absolute Gasteiger partial charge is 0.458 e. The van der Waals surface area contributed by atoms with Crippen molar-refractivity contribution in [3.05, 3.63) is 12.2 Å². The molecule has 1 unspecified atom stereocenters. The summed E-state index contributed by atoms with van der Waals surface area (Å²) in [5, 5.41) is 0. The summed E-state index contributed by atoms with van der Waals surface area (Å²) in [4.78, 5) is 11.3. The zero-order valence-electron chi connectivity index (χ0n) is 8.67. The van der Waals surface area contributed by atoms with E-state index in [1.807, 2.05) is 19.9 Å². The Balaban J connectivity index is 2.45. The van der Waals surface area contributed by atoms with Crippen molar-refractivity contribution < 1.29 is 9.53 Å². The number of hydrogen-bond acceptors (Lipinski definition) is 2. The van der Waals surface area contributed by atoms with Crippen molar-refractivity contribution in [2.24, 2.45) is 5.41 Å². The van der Waals surface area contributed by atoms with E-state index in [9.17, 15) is 4.79 Å². The van der Waals surface area contributed by atoms with Gasteiger partial charge in [0.25, 0.3) is 0 Å². The van der Waals surface area contributed by atoms with Crippen molar-refractivity contribution in [2.45, 2.75) is 46.1 Å². The van der Waals surface area contributed by atoms with Crippen molar-refractivity contribution in [1.29, 1.82) is 0 Å². The summed E-state index contributed by atoms with van der Waals surface area (Å²) >= 11 is 0. The number of esters is 1. The summed E-state index contributed by atoms with van der Waals surface area (Å²) in [6.45, 7) is 6.00. The quantitative estimate of drug-likeness (QED) is 0.495. The van der Waals surface area contributed by atoms with Gasteiger partial charge in [0.15, 0.2) is 0 Å². The van der Waals surface area contributed by atoms with Gasteiger partial charge in [0.1, 0.15) is 6.10 Å². The third kappa shape index (κ3) is 2.58. The Hall–Kier alpha value is -0.790. The fourth-order valence-corrected chi connectivity index (χ4v) is 1.45. The van der Waals surface area contributed by atoms with Crippen LogP contribution < -0.4 is 0 Å². The molecule has 0 radical (unpaired) electrons. The molecule has 1 heterocycles. The molecule has 0 aromatic heterocycles. The Morgan fingerprint density at radius 3 is 2.77 bits per heavy atom. The minimum atomic E-state index is -0.290. The fraction of sp³-hybridized carbons (Fsp3) is 0.727. The average molecular weight is 182 g/mol. The predicted octanol–water partition coefficient (Wildman–Crippen LogP) is 2.68. The van der Waals surface area contributed by atoms with Gasteiger partial charge in [0.05, 0.1) is 5.41 Å². The lowest BCUT2D eigenvalue weighted by atomic mass is 9.90. The molecule has 13 heavy (non-hydrogen) atoms. The van der Waals surface area contributed by atoms with Gasteiger partial charge in [-0.15, -0.1) is 0 Å². The maximum Gasteiger partial charge on any atom is 0.312 e. The smallest absolute Gasteiger partial charge is 0.312 e. The molecule has 1 aliphatic heterocycles. The summed E-state index contributed by atoms with van der Waals surface area (Å²) in [5.41, 5.74) is -0.290. The van der Waals surface area contributed by atoms with Gasteiger partial charge in [-0.25, -0.2) is 0 Å². The summed E-state index contributed by atoms with van der Waals surface area (Å²) in [6.07, 6.45) is 7.13. The van der Waals surface area contributed by atoms with Crippen LogP contribution in [0.2, 0.25) is 0 Å². The van der Waals surface area contributed by atoms with Gasteiger partial charge < -0.3 is 4.74 Å². The number of ether oxygens (including phenoxy) is 1. The Morgan fingerprint density at radius 2 is 2.31 bits per heavy atom. The second-order valence-electron chi connectivity index (χ2n) is 4.25. The summed E-state index contributed by atoms with van der Waals surface area (Å²) in [5.74, 6) is -0.0707. The highest BCUT2D eigenvalue weighted by Gasteiger charge is 2.40. The molecule has 0 aliphatic carbocycles. The minimum Gasteiger partial charge on any atom is -0.458 e. The number of rotatable bonds is 3. The molecule has 1 rings (SSSR count). The average Bonchev–Trinajstić information content (AvgIpc) is 2.27. The molecule has 2 nitrogen and oxygen atoms in total. The lowest BCUT2D eigenvalue weighted by Crippen LogP contribution is -2.16. The topological polar surface area (TPSA) is 26.3 Å². The summed E-state index contributed by atoms with van der Waals surface area (Å²) in [6, 6.07) is 0. The Morgan fingerprint density at radius 1 is 1.62 bits per heavy atom. The molecule has 0 N–H and O–H groups in total. The van der Waals surface area contributed by atoms with Crippen molar-refractivity contribution in [2.75, 3.05) is 0 Å². The van der Waals surface area contributed by atoms with Crippen molar-refractivity contribution >= 4 is 5.97 Å². The number of carbonyl (C=O) groups excluding carboxylic acids is 1. The normalized spacial score (nSPS) is 26.7. The number of carbonyl (C=O) groups is 1. The van der Waals surface area contributed by atoms with Crippen LogP contribution >= 0.6 is 0 Å². The molecule has 0 saturated carbocycles. The van der Waals surface area contributed by atoms with Crippen LogP contribution in [-0.4, -0.2) is 12.1 Å². The van der Waals surface area contributed by atoms with E-state index in [0.29, 0.717) is 0 Å². The highest BCUT2D eigenvalue weighted by molar-refractivity contribution is 5.78.